The monoisotopic (exact) mass is 237 g/mol. The lowest BCUT2D eigenvalue weighted by molar-refractivity contribution is -0.0740. The van der Waals surface area contributed by atoms with Gasteiger partial charge < -0.3 is 15.0 Å². The first kappa shape index (κ1) is 12.6. The number of nitrogens with two attached hydrogens (primary N) is 1. The van der Waals surface area contributed by atoms with Crippen LogP contribution in [0, 0.1) is 5.92 Å². The molecule has 1 aromatic rings. The first-order valence-electron chi connectivity index (χ1n) is 6.37. The first-order chi connectivity index (χ1) is 8.09. The number of aromatic nitrogens is 2. The molecule has 1 aromatic heterocycles. The van der Waals surface area contributed by atoms with Gasteiger partial charge in [0.2, 0.25) is 0 Å². The Morgan fingerprint density at radius 2 is 2.41 bits per heavy atom. The maximum absolute atomic E-state index is 6.41. The topological polar surface area (TPSA) is 53.1 Å². The lowest BCUT2D eigenvalue weighted by Gasteiger charge is -2.42. The Morgan fingerprint density at radius 1 is 1.65 bits per heavy atom. The first-order valence-corrected chi connectivity index (χ1v) is 6.37. The highest BCUT2D eigenvalue weighted by molar-refractivity contribution is 5.08. The van der Waals surface area contributed by atoms with Gasteiger partial charge in [0.1, 0.15) is 5.82 Å². The number of aryl methyl sites for hydroxylation is 1. The smallest absolute Gasteiger partial charge is 0.128 e. The van der Waals surface area contributed by atoms with Crippen LogP contribution in [-0.2, 0) is 11.8 Å². The zero-order chi connectivity index (χ0) is 12.5. The quantitative estimate of drug-likeness (QED) is 0.875. The Balaban J connectivity index is 2.26. The van der Waals surface area contributed by atoms with E-state index in [1.165, 1.54) is 12.8 Å². The molecule has 2 N–H and O–H groups in total. The number of ether oxygens (including phenoxy) is 1. The molecule has 2 rings (SSSR count). The van der Waals surface area contributed by atoms with E-state index in [1.54, 1.807) is 13.3 Å². The number of nitrogens with zero attached hydrogens (tertiary/aromatic N) is 2. The lowest BCUT2D eigenvalue weighted by atomic mass is 9.74. The minimum Gasteiger partial charge on any atom is -0.376 e. The standard InChI is InChI=1S/C13H23N3O/c1-10-5-4-6-13(9-10,17-3)11(14)12-15-7-8-16(12)2/h7-8,10-11H,4-6,9,14H2,1-3H3. The normalized spacial score (nSPS) is 31.4. The van der Waals surface area contributed by atoms with Gasteiger partial charge in [0, 0.05) is 26.6 Å². The number of hydrogen-bond acceptors (Lipinski definition) is 3. The van der Waals surface area contributed by atoms with Crippen molar-refractivity contribution in [2.45, 2.75) is 44.2 Å². The predicted molar refractivity (Wildman–Crippen MR) is 67.5 cm³/mol. The molecule has 0 aromatic carbocycles. The Kier molecular flexibility index (Phi) is 3.54. The molecule has 4 nitrogen and oxygen atoms in total. The highest BCUT2D eigenvalue weighted by atomic mass is 16.5. The zero-order valence-corrected chi connectivity index (χ0v) is 11.0. The molecule has 0 spiro atoms. The zero-order valence-electron chi connectivity index (χ0n) is 11.0. The predicted octanol–water partition coefficient (Wildman–Crippen LogP) is 2.02. The average molecular weight is 237 g/mol. The van der Waals surface area contributed by atoms with E-state index in [4.69, 9.17) is 10.5 Å². The van der Waals surface area contributed by atoms with Gasteiger partial charge >= 0.3 is 0 Å². The van der Waals surface area contributed by atoms with E-state index in [-0.39, 0.29) is 11.6 Å². The van der Waals surface area contributed by atoms with E-state index in [9.17, 15) is 0 Å². The van der Waals surface area contributed by atoms with E-state index >= 15 is 0 Å². The van der Waals surface area contributed by atoms with Gasteiger partial charge in [0.25, 0.3) is 0 Å². The molecule has 1 heterocycles. The minimum atomic E-state index is -0.239. The molecule has 0 bridgehead atoms. The third kappa shape index (κ3) is 2.24. The molecule has 1 saturated carbocycles. The van der Waals surface area contributed by atoms with Crippen molar-refractivity contribution in [1.29, 1.82) is 0 Å². The maximum Gasteiger partial charge on any atom is 0.128 e. The molecule has 17 heavy (non-hydrogen) atoms. The van der Waals surface area contributed by atoms with E-state index in [2.05, 4.69) is 11.9 Å². The van der Waals surface area contributed by atoms with Crippen molar-refractivity contribution in [2.24, 2.45) is 18.7 Å². The van der Waals surface area contributed by atoms with Crippen LogP contribution in [-0.4, -0.2) is 22.3 Å². The van der Waals surface area contributed by atoms with Crippen molar-refractivity contribution in [3.05, 3.63) is 18.2 Å². The summed E-state index contributed by atoms with van der Waals surface area (Å²) >= 11 is 0. The highest BCUT2D eigenvalue weighted by Crippen LogP contribution is 2.41. The van der Waals surface area contributed by atoms with Gasteiger partial charge in [-0.1, -0.05) is 19.8 Å². The number of methoxy groups -OCH3 is 1. The summed E-state index contributed by atoms with van der Waals surface area (Å²) in [5, 5.41) is 0. The SMILES string of the molecule is COC1(C(N)c2nccn2C)CCCC(C)C1. The number of rotatable bonds is 3. The molecule has 96 valence electrons. The number of hydrogen-bond donors (Lipinski definition) is 1. The molecule has 0 aliphatic heterocycles. The summed E-state index contributed by atoms with van der Waals surface area (Å²) in [6.07, 6.45) is 8.25. The fraction of sp³-hybridized carbons (Fsp3) is 0.769. The van der Waals surface area contributed by atoms with E-state index < -0.39 is 0 Å². The van der Waals surface area contributed by atoms with Crippen molar-refractivity contribution in [3.8, 4) is 0 Å². The molecule has 0 amide bonds. The van der Waals surface area contributed by atoms with E-state index in [1.807, 2.05) is 17.8 Å². The van der Waals surface area contributed by atoms with Crippen LogP contribution in [0.5, 0.6) is 0 Å². The Labute approximate surface area is 103 Å². The summed E-state index contributed by atoms with van der Waals surface area (Å²) in [4.78, 5) is 4.37. The maximum atomic E-state index is 6.41. The molecular formula is C13H23N3O. The van der Waals surface area contributed by atoms with Gasteiger partial charge in [-0.15, -0.1) is 0 Å². The highest BCUT2D eigenvalue weighted by Gasteiger charge is 2.42. The Bertz CT molecular complexity index is 376. The molecule has 0 radical (unpaired) electrons. The van der Waals surface area contributed by atoms with Crippen LogP contribution in [0.3, 0.4) is 0 Å². The van der Waals surface area contributed by atoms with Crippen molar-refractivity contribution >= 4 is 0 Å². The van der Waals surface area contributed by atoms with Crippen LogP contribution in [0.2, 0.25) is 0 Å². The van der Waals surface area contributed by atoms with Crippen LogP contribution in [0.4, 0.5) is 0 Å². The fourth-order valence-corrected chi connectivity index (χ4v) is 3.05. The summed E-state index contributed by atoms with van der Waals surface area (Å²) in [5.41, 5.74) is 6.18. The van der Waals surface area contributed by atoms with Crippen LogP contribution in [0.1, 0.15) is 44.5 Å². The molecule has 1 fully saturated rings. The van der Waals surface area contributed by atoms with Crippen LogP contribution in [0.15, 0.2) is 12.4 Å². The summed E-state index contributed by atoms with van der Waals surface area (Å²) in [5.74, 6) is 1.59. The summed E-state index contributed by atoms with van der Waals surface area (Å²) < 4.78 is 7.80. The molecule has 3 unspecified atom stereocenters. The van der Waals surface area contributed by atoms with Crippen LogP contribution < -0.4 is 5.73 Å². The molecular weight excluding hydrogens is 214 g/mol. The van der Waals surface area contributed by atoms with E-state index in [0.717, 1.165) is 18.7 Å². The molecule has 3 atom stereocenters. The van der Waals surface area contributed by atoms with Gasteiger partial charge in [0.15, 0.2) is 0 Å². The molecule has 0 saturated heterocycles. The summed E-state index contributed by atoms with van der Waals surface area (Å²) in [7, 11) is 3.76. The van der Waals surface area contributed by atoms with Crippen molar-refractivity contribution < 1.29 is 4.74 Å². The van der Waals surface area contributed by atoms with Gasteiger partial charge in [0.05, 0.1) is 11.6 Å². The van der Waals surface area contributed by atoms with Gasteiger partial charge in [-0.05, 0) is 18.8 Å². The van der Waals surface area contributed by atoms with Crippen LogP contribution in [0.25, 0.3) is 0 Å². The molecule has 4 heteroatoms. The summed E-state index contributed by atoms with van der Waals surface area (Å²) in [6, 6.07) is -0.143. The second-order valence-electron chi connectivity index (χ2n) is 5.34. The van der Waals surface area contributed by atoms with Gasteiger partial charge in [-0.2, -0.15) is 0 Å². The van der Waals surface area contributed by atoms with Crippen molar-refractivity contribution in [3.63, 3.8) is 0 Å². The van der Waals surface area contributed by atoms with Crippen molar-refractivity contribution in [2.75, 3.05) is 7.11 Å². The molecule has 1 aliphatic rings. The largest absolute Gasteiger partial charge is 0.376 e. The molecule has 1 aliphatic carbocycles. The summed E-state index contributed by atoms with van der Waals surface area (Å²) in [6.45, 7) is 2.28. The van der Waals surface area contributed by atoms with E-state index in [0.29, 0.717) is 5.92 Å². The Morgan fingerprint density at radius 3 is 2.94 bits per heavy atom. The van der Waals surface area contributed by atoms with Crippen LogP contribution >= 0.6 is 0 Å². The average Bonchev–Trinajstić information content (AvgIpc) is 2.74. The second-order valence-corrected chi connectivity index (χ2v) is 5.34. The van der Waals surface area contributed by atoms with Gasteiger partial charge in [-0.3, -0.25) is 0 Å². The second kappa shape index (κ2) is 4.78. The lowest BCUT2D eigenvalue weighted by Crippen LogP contribution is -2.47. The third-order valence-corrected chi connectivity index (χ3v) is 4.10. The van der Waals surface area contributed by atoms with Gasteiger partial charge in [-0.25, -0.2) is 4.98 Å². The number of imidazole rings is 1. The minimum absolute atomic E-state index is 0.143. The van der Waals surface area contributed by atoms with Crippen molar-refractivity contribution in [1.82, 2.24) is 9.55 Å². The third-order valence-electron chi connectivity index (χ3n) is 4.10. The Hall–Kier alpha value is -0.870. The fourth-order valence-electron chi connectivity index (χ4n) is 3.05.